The third kappa shape index (κ3) is 4.11. The number of anilines is 1. The highest BCUT2D eigenvalue weighted by Crippen LogP contribution is 2.27. The van der Waals surface area contributed by atoms with Crippen molar-refractivity contribution in [3.63, 3.8) is 0 Å². The van der Waals surface area contributed by atoms with Crippen LogP contribution in [0.4, 0.5) is 5.69 Å². The van der Waals surface area contributed by atoms with Crippen LogP contribution in [0.25, 0.3) is 0 Å². The Morgan fingerprint density at radius 3 is 2.54 bits per heavy atom. The predicted octanol–water partition coefficient (Wildman–Crippen LogP) is 3.17. The fraction of sp³-hybridized carbons (Fsp3) is 0.421. The van der Waals surface area contributed by atoms with Gasteiger partial charge in [-0.2, -0.15) is 0 Å². The lowest BCUT2D eigenvalue weighted by atomic mass is 9.98. The van der Waals surface area contributed by atoms with Crippen LogP contribution in [-0.2, 0) is 10.2 Å². The second-order valence-electron chi connectivity index (χ2n) is 7.18. The van der Waals surface area contributed by atoms with Crippen molar-refractivity contribution >= 4 is 28.8 Å². The summed E-state index contributed by atoms with van der Waals surface area (Å²) < 4.78 is 5.30. The van der Waals surface area contributed by atoms with E-state index >= 15 is 0 Å². The highest BCUT2D eigenvalue weighted by atomic mass is 32.1. The predicted molar refractivity (Wildman–Crippen MR) is 102 cm³/mol. The Kier molecular flexibility index (Phi) is 5.38. The van der Waals surface area contributed by atoms with Gasteiger partial charge in [-0.3, -0.25) is 9.59 Å². The number of para-hydroxylation sites is 1. The molecule has 7 heteroatoms. The molecular formula is C19H23N3O3S. The van der Waals surface area contributed by atoms with Crippen LogP contribution in [0.5, 0.6) is 0 Å². The molecule has 0 spiro atoms. The first kappa shape index (κ1) is 18.5. The van der Waals surface area contributed by atoms with Crippen molar-refractivity contribution in [3.8, 4) is 0 Å². The number of hydrogen-bond donors (Lipinski definition) is 1. The molecule has 1 N–H and O–H groups in total. The summed E-state index contributed by atoms with van der Waals surface area (Å²) in [6.45, 7) is 8.38. The Labute approximate surface area is 157 Å². The highest BCUT2D eigenvalue weighted by molar-refractivity contribution is 7.13. The Bertz CT molecular complexity index is 804. The fourth-order valence-corrected chi connectivity index (χ4v) is 3.49. The number of benzene rings is 1. The Morgan fingerprint density at radius 1 is 1.19 bits per heavy atom. The fourth-order valence-electron chi connectivity index (χ4n) is 2.63. The molecule has 0 saturated carbocycles. The Hall–Kier alpha value is -2.25. The van der Waals surface area contributed by atoms with Crippen molar-refractivity contribution < 1.29 is 14.3 Å². The zero-order valence-corrected chi connectivity index (χ0v) is 16.1. The smallest absolute Gasteiger partial charge is 0.267 e. The Balaban J connectivity index is 1.78. The third-order valence-corrected chi connectivity index (χ3v) is 5.50. The molecule has 1 aliphatic heterocycles. The minimum Gasteiger partial charge on any atom is -0.378 e. The number of thiazole rings is 1. The largest absolute Gasteiger partial charge is 0.378 e. The van der Waals surface area contributed by atoms with E-state index in [-0.39, 0.29) is 17.2 Å². The molecule has 0 unspecified atom stereocenters. The molecule has 0 aliphatic carbocycles. The van der Waals surface area contributed by atoms with Crippen LogP contribution < -0.4 is 5.32 Å². The number of carbonyl (C=O) groups excluding carboxylic acids is 2. The number of morpholine rings is 1. The van der Waals surface area contributed by atoms with Crippen LogP contribution in [0.1, 0.15) is 45.8 Å². The zero-order chi connectivity index (χ0) is 18.7. The maximum Gasteiger partial charge on any atom is 0.267 e. The van der Waals surface area contributed by atoms with E-state index in [1.54, 1.807) is 35.4 Å². The standard InChI is InChI=1S/C19H23N3O3S/c1-19(2,3)18-20-12-15(26-18)16(23)21-14-7-5-4-6-13(14)17(24)22-8-10-25-11-9-22/h4-7,12H,8-11H2,1-3H3,(H,21,23). The van der Waals surface area contributed by atoms with Crippen molar-refractivity contribution in [3.05, 3.63) is 45.9 Å². The van der Waals surface area contributed by atoms with Crippen LogP contribution in [-0.4, -0.2) is 48.0 Å². The van der Waals surface area contributed by atoms with Gasteiger partial charge in [0.1, 0.15) is 4.88 Å². The van der Waals surface area contributed by atoms with Gasteiger partial charge in [0, 0.05) is 18.5 Å². The van der Waals surface area contributed by atoms with E-state index in [9.17, 15) is 9.59 Å². The first-order valence-corrected chi connectivity index (χ1v) is 9.41. The molecule has 138 valence electrons. The van der Waals surface area contributed by atoms with Crippen molar-refractivity contribution in [2.24, 2.45) is 0 Å². The monoisotopic (exact) mass is 373 g/mol. The number of rotatable bonds is 3. The molecular weight excluding hydrogens is 350 g/mol. The number of hydrogen-bond acceptors (Lipinski definition) is 5. The van der Waals surface area contributed by atoms with E-state index in [2.05, 4.69) is 31.1 Å². The lowest BCUT2D eigenvalue weighted by molar-refractivity contribution is 0.0303. The van der Waals surface area contributed by atoms with Gasteiger partial charge in [0.05, 0.1) is 35.7 Å². The van der Waals surface area contributed by atoms with Crippen molar-refractivity contribution in [2.45, 2.75) is 26.2 Å². The van der Waals surface area contributed by atoms with E-state index in [4.69, 9.17) is 4.74 Å². The van der Waals surface area contributed by atoms with Crippen molar-refractivity contribution in [1.29, 1.82) is 0 Å². The van der Waals surface area contributed by atoms with Gasteiger partial charge in [-0.1, -0.05) is 32.9 Å². The molecule has 0 radical (unpaired) electrons. The number of amides is 2. The molecule has 0 bridgehead atoms. The maximum absolute atomic E-state index is 12.8. The molecule has 26 heavy (non-hydrogen) atoms. The van der Waals surface area contributed by atoms with Gasteiger partial charge < -0.3 is 15.0 Å². The number of carbonyl (C=O) groups is 2. The van der Waals surface area contributed by atoms with E-state index in [0.29, 0.717) is 42.4 Å². The minimum atomic E-state index is -0.250. The van der Waals surface area contributed by atoms with Gasteiger partial charge in [0.2, 0.25) is 0 Å². The van der Waals surface area contributed by atoms with Gasteiger partial charge in [-0.25, -0.2) is 4.98 Å². The van der Waals surface area contributed by atoms with Gasteiger partial charge >= 0.3 is 0 Å². The summed E-state index contributed by atoms with van der Waals surface area (Å²) in [7, 11) is 0. The van der Waals surface area contributed by atoms with E-state index < -0.39 is 0 Å². The molecule has 1 saturated heterocycles. The zero-order valence-electron chi connectivity index (χ0n) is 15.2. The van der Waals surface area contributed by atoms with Crippen LogP contribution >= 0.6 is 11.3 Å². The quantitative estimate of drug-likeness (QED) is 0.897. The van der Waals surface area contributed by atoms with Crippen LogP contribution in [0.3, 0.4) is 0 Å². The summed E-state index contributed by atoms with van der Waals surface area (Å²) >= 11 is 1.37. The molecule has 2 aromatic rings. The van der Waals surface area contributed by atoms with E-state index in [1.807, 2.05) is 0 Å². The van der Waals surface area contributed by atoms with E-state index in [0.717, 1.165) is 5.01 Å². The average Bonchev–Trinajstić information content (AvgIpc) is 3.13. The second-order valence-corrected chi connectivity index (χ2v) is 8.21. The molecule has 6 nitrogen and oxygen atoms in total. The number of nitrogens with one attached hydrogen (secondary N) is 1. The molecule has 1 aromatic heterocycles. The summed E-state index contributed by atoms with van der Waals surface area (Å²) in [4.78, 5) is 32.0. The van der Waals surface area contributed by atoms with Gasteiger partial charge in [0.25, 0.3) is 11.8 Å². The normalized spacial score (nSPS) is 15.0. The summed E-state index contributed by atoms with van der Waals surface area (Å²) in [5, 5.41) is 3.77. The molecule has 2 heterocycles. The lowest BCUT2D eigenvalue weighted by Crippen LogP contribution is -2.41. The molecule has 3 rings (SSSR count). The first-order valence-electron chi connectivity index (χ1n) is 8.60. The molecule has 1 fully saturated rings. The second kappa shape index (κ2) is 7.55. The third-order valence-electron chi connectivity index (χ3n) is 4.08. The molecule has 1 aromatic carbocycles. The summed E-state index contributed by atoms with van der Waals surface area (Å²) in [6, 6.07) is 7.09. The van der Waals surface area contributed by atoms with Crippen LogP contribution in [0, 0.1) is 0 Å². The number of nitrogens with zero attached hydrogens (tertiary/aromatic N) is 2. The summed E-state index contributed by atoms with van der Waals surface area (Å²) in [5.74, 6) is -0.343. The lowest BCUT2D eigenvalue weighted by Gasteiger charge is -2.27. The van der Waals surface area contributed by atoms with Crippen molar-refractivity contribution in [1.82, 2.24) is 9.88 Å². The highest BCUT2D eigenvalue weighted by Gasteiger charge is 2.23. The van der Waals surface area contributed by atoms with Crippen LogP contribution in [0.2, 0.25) is 0 Å². The van der Waals surface area contributed by atoms with Gasteiger partial charge in [-0.15, -0.1) is 11.3 Å². The molecule has 0 atom stereocenters. The molecule has 2 amide bonds. The van der Waals surface area contributed by atoms with Crippen LogP contribution in [0.15, 0.2) is 30.5 Å². The Morgan fingerprint density at radius 2 is 1.88 bits per heavy atom. The van der Waals surface area contributed by atoms with E-state index in [1.165, 1.54) is 11.3 Å². The molecule has 1 aliphatic rings. The maximum atomic E-state index is 12.8. The first-order chi connectivity index (χ1) is 12.4. The van der Waals surface area contributed by atoms with Gasteiger partial charge in [-0.05, 0) is 12.1 Å². The number of ether oxygens (including phenoxy) is 1. The topological polar surface area (TPSA) is 71.5 Å². The summed E-state index contributed by atoms with van der Waals surface area (Å²) in [6.07, 6.45) is 1.59. The van der Waals surface area contributed by atoms with Crippen molar-refractivity contribution in [2.75, 3.05) is 31.6 Å². The minimum absolute atomic E-state index is 0.0936. The SMILES string of the molecule is CC(C)(C)c1ncc(C(=O)Nc2ccccc2C(=O)N2CCOCC2)s1. The van der Waals surface area contributed by atoms with Gasteiger partial charge in [0.15, 0.2) is 0 Å². The number of aromatic nitrogens is 1. The average molecular weight is 373 g/mol. The summed E-state index contributed by atoms with van der Waals surface area (Å²) in [5.41, 5.74) is 0.899.